The van der Waals surface area contributed by atoms with E-state index >= 15 is 0 Å². The summed E-state index contributed by atoms with van der Waals surface area (Å²) in [4.78, 5) is 17.7. The van der Waals surface area contributed by atoms with Crippen LogP contribution in [0.25, 0.3) is 0 Å². The zero-order valence-electron chi connectivity index (χ0n) is 18.9. The van der Waals surface area contributed by atoms with E-state index in [1.54, 1.807) is 7.11 Å². The van der Waals surface area contributed by atoms with Gasteiger partial charge in [0, 0.05) is 69.9 Å². The lowest BCUT2D eigenvalue weighted by Gasteiger charge is -2.34. The molecule has 1 aromatic carbocycles. The first kappa shape index (κ1) is 21.9. The van der Waals surface area contributed by atoms with Crippen molar-refractivity contribution in [2.24, 2.45) is 0 Å². The number of benzene rings is 1. The highest BCUT2D eigenvalue weighted by Gasteiger charge is 2.23. The Morgan fingerprint density at radius 1 is 1.03 bits per heavy atom. The Hall–Kier alpha value is -2.35. The lowest BCUT2D eigenvalue weighted by Crippen LogP contribution is -2.47. The number of aromatic nitrogens is 1. The summed E-state index contributed by atoms with van der Waals surface area (Å²) in [5, 5.41) is 0. The molecule has 1 aromatic heterocycles. The summed E-state index contributed by atoms with van der Waals surface area (Å²) >= 11 is 0. The summed E-state index contributed by atoms with van der Waals surface area (Å²) in [5.74, 6) is 1.88. The summed E-state index contributed by atoms with van der Waals surface area (Å²) in [5.41, 5.74) is 4.30. The van der Waals surface area contributed by atoms with Crippen LogP contribution in [-0.4, -0.2) is 73.4 Å². The Balaban J connectivity index is 1.28. The third-order valence-corrected chi connectivity index (χ3v) is 6.28. The van der Waals surface area contributed by atoms with Crippen molar-refractivity contribution in [3.63, 3.8) is 0 Å². The largest absolute Gasteiger partial charge is 0.454 e. The number of hydrogen-bond donors (Lipinski definition) is 0. The zero-order valence-corrected chi connectivity index (χ0v) is 18.9. The minimum Gasteiger partial charge on any atom is -0.454 e. The van der Waals surface area contributed by atoms with Crippen molar-refractivity contribution in [3.05, 3.63) is 46.8 Å². The van der Waals surface area contributed by atoms with Crippen LogP contribution in [-0.2, 0) is 17.8 Å². The quantitative estimate of drug-likeness (QED) is 0.453. The second-order valence-electron chi connectivity index (χ2n) is 8.45. The highest BCUT2D eigenvalue weighted by molar-refractivity contribution is 5.99. The summed E-state index contributed by atoms with van der Waals surface area (Å²) in [6.07, 6.45) is 0.950. The number of Topliss-reactive ketones (excluding diaryl/α,β-unsaturated/α-hetero) is 1. The maximum atomic E-state index is 13.0. The molecular formula is C24H33N3O4. The normalized spacial score (nSPS) is 16.7. The van der Waals surface area contributed by atoms with Crippen LogP contribution in [0.2, 0.25) is 0 Å². The third kappa shape index (κ3) is 5.11. The molecule has 0 unspecified atom stereocenters. The van der Waals surface area contributed by atoms with E-state index < -0.39 is 0 Å². The molecule has 168 valence electrons. The van der Waals surface area contributed by atoms with Gasteiger partial charge in [-0.15, -0.1) is 0 Å². The minimum atomic E-state index is 0.218. The molecule has 0 saturated carbocycles. The van der Waals surface area contributed by atoms with Gasteiger partial charge in [-0.3, -0.25) is 14.6 Å². The number of fused-ring (bicyclic) bond motifs is 1. The van der Waals surface area contributed by atoms with Crippen molar-refractivity contribution >= 4 is 5.78 Å². The Labute approximate surface area is 184 Å². The molecule has 1 fully saturated rings. The molecule has 2 aliphatic rings. The number of aryl methyl sites for hydroxylation is 1. The average molecular weight is 428 g/mol. The van der Waals surface area contributed by atoms with E-state index in [2.05, 4.69) is 40.3 Å². The number of hydrogen-bond acceptors (Lipinski definition) is 6. The smallest absolute Gasteiger partial charge is 0.231 e. The highest BCUT2D eigenvalue weighted by atomic mass is 16.7. The van der Waals surface area contributed by atoms with Crippen LogP contribution in [0.5, 0.6) is 11.5 Å². The monoisotopic (exact) mass is 427 g/mol. The summed E-state index contributed by atoms with van der Waals surface area (Å²) in [6, 6.07) is 8.20. The fourth-order valence-corrected chi connectivity index (χ4v) is 4.49. The molecule has 2 aliphatic heterocycles. The first-order valence-corrected chi connectivity index (χ1v) is 11.1. The summed E-state index contributed by atoms with van der Waals surface area (Å²) < 4.78 is 18.3. The molecule has 0 bridgehead atoms. The Morgan fingerprint density at radius 3 is 2.55 bits per heavy atom. The molecule has 3 heterocycles. The van der Waals surface area contributed by atoms with Gasteiger partial charge in [-0.2, -0.15) is 0 Å². The molecule has 0 atom stereocenters. The van der Waals surface area contributed by atoms with Gasteiger partial charge >= 0.3 is 0 Å². The number of methoxy groups -OCH3 is 1. The average Bonchev–Trinajstić information content (AvgIpc) is 3.34. The van der Waals surface area contributed by atoms with Crippen molar-refractivity contribution in [1.29, 1.82) is 0 Å². The molecule has 2 aromatic rings. The zero-order chi connectivity index (χ0) is 21.8. The lowest BCUT2D eigenvalue weighted by molar-refractivity contribution is 0.0843. The van der Waals surface area contributed by atoms with Crippen molar-refractivity contribution in [2.45, 2.75) is 33.4 Å². The molecule has 7 heteroatoms. The molecule has 1 saturated heterocycles. The second kappa shape index (κ2) is 9.85. The predicted molar refractivity (Wildman–Crippen MR) is 119 cm³/mol. The number of carbonyl (C=O) groups excluding carboxylic acids is 1. The van der Waals surface area contributed by atoms with E-state index in [1.165, 1.54) is 5.56 Å². The fraction of sp³-hybridized carbons (Fsp3) is 0.542. The lowest BCUT2D eigenvalue weighted by atomic mass is 10.1. The van der Waals surface area contributed by atoms with Crippen molar-refractivity contribution in [3.8, 4) is 11.5 Å². The first-order valence-electron chi connectivity index (χ1n) is 11.1. The Kier molecular flexibility index (Phi) is 6.95. The van der Waals surface area contributed by atoms with Crippen LogP contribution in [0, 0.1) is 13.8 Å². The topological polar surface area (TPSA) is 56.2 Å². The summed E-state index contributed by atoms with van der Waals surface area (Å²) in [6.45, 7) is 11.2. The van der Waals surface area contributed by atoms with Crippen LogP contribution in [0.4, 0.5) is 0 Å². The Bertz CT molecular complexity index is 916. The van der Waals surface area contributed by atoms with Gasteiger partial charge in [-0.25, -0.2) is 0 Å². The molecule has 31 heavy (non-hydrogen) atoms. The van der Waals surface area contributed by atoms with Crippen LogP contribution < -0.4 is 9.47 Å². The van der Waals surface area contributed by atoms with Gasteiger partial charge in [0.2, 0.25) is 6.79 Å². The number of piperazine rings is 1. The van der Waals surface area contributed by atoms with Crippen molar-refractivity contribution in [2.75, 3.05) is 53.2 Å². The number of nitrogens with zero attached hydrogens (tertiary/aromatic N) is 3. The van der Waals surface area contributed by atoms with Gasteiger partial charge in [0.25, 0.3) is 0 Å². The van der Waals surface area contributed by atoms with E-state index in [0.29, 0.717) is 13.3 Å². The van der Waals surface area contributed by atoms with E-state index in [4.69, 9.17) is 14.2 Å². The number of ether oxygens (including phenoxy) is 3. The Morgan fingerprint density at radius 2 is 1.77 bits per heavy atom. The van der Waals surface area contributed by atoms with Gasteiger partial charge in [-0.1, -0.05) is 6.07 Å². The van der Waals surface area contributed by atoms with Crippen molar-refractivity contribution < 1.29 is 19.0 Å². The molecule has 0 radical (unpaired) electrons. The van der Waals surface area contributed by atoms with E-state index in [0.717, 1.165) is 80.7 Å². The molecule has 7 nitrogen and oxygen atoms in total. The van der Waals surface area contributed by atoms with E-state index in [9.17, 15) is 4.79 Å². The third-order valence-electron chi connectivity index (χ3n) is 6.28. The molecule has 0 N–H and O–H groups in total. The molecule has 0 spiro atoms. The van der Waals surface area contributed by atoms with Crippen LogP contribution in [0.3, 0.4) is 0 Å². The number of rotatable bonds is 9. The van der Waals surface area contributed by atoms with Gasteiger partial charge in [-0.05, 0) is 44.0 Å². The van der Waals surface area contributed by atoms with Crippen molar-refractivity contribution in [1.82, 2.24) is 14.4 Å². The number of ketones is 1. The maximum absolute atomic E-state index is 13.0. The standard InChI is InChI=1S/C24H33N3O4/c1-18-13-21(19(2)27(18)7-4-12-29-3)22(28)16-26-10-8-25(9-11-26)15-20-5-6-23-24(14-20)31-17-30-23/h5-6,13-14H,4,7-12,15-17H2,1-3H3. The van der Waals surface area contributed by atoms with E-state index in [-0.39, 0.29) is 5.78 Å². The van der Waals surface area contributed by atoms with Crippen LogP contribution in [0.1, 0.15) is 33.7 Å². The first-order chi connectivity index (χ1) is 15.0. The molecule has 4 rings (SSSR count). The van der Waals surface area contributed by atoms with Gasteiger partial charge in [0.15, 0.2) is 17.3 Å². The fourth-order valence-electron chi connectivity index (χ4n) is 4.49. The van der Waals surface area contributed by atoms with Gasteiger partial charge in [0.1, 0.15) is 0 Å². The van der Waals surface area contributed by atoms with Crippen LogP contribution >= 0.6 is 0 Å². The van der Waals surface area contributed by atoms with Crippen LogP contribution in [0.15, 0.2) is 24.3 Å². The molecule has 0 aliphatic carbocycles. The molecular weight excluding hydrogens is 394 g/mol. The highest BCUT2D eigenvalue weighted by Crippen LogP contribution is 2.32. The maximum Gasteiger partial charge on any atom is 0.231 e. The van der Waals surface area contributed by atoms with Gasteiger partial charge in [0.05, 0.1) is 6.54 Å². The van der Waals surface area contributed by atoms with E-state index in [1.807, 2.05) is 12.1 Å². The predicted octanol–water partition coefficient (Wildman–Crippen LogP) is 2.87. The summed E-state index contributed by atoms with van der Waals surface area (Å²) in [7, 11) is 1.72. The second-order valence-corrected chi connectivity index (χ2v) is 8.45. The SMILES string of the molecule is COCCCn1c(C)cc(C(=O)CN2CCN(Cc3ccc4c(c3)OCO4)CC2)c1C. The number of carbonyl (C=O) groups is 1. The minimum absolute atomic E-state index is 0.218. The molecule has 0 amide bonds. The van der Waals surface area contributed by atoms with Gasteiger partial charge < -0.3 is 18.8 Å².